The first-order chi connectivity index (χ1) is 8.59. The summed E-state index contributed by atoms with van der Waals surface area (Å²) in [6.07, 6.45) is 2.64. The lowest BCUT2D eigenvalue weighted by atomic mass is 9.74. The molecule has 1 aromatic heterocycles. The molecule has 0 bridgehead atoms. The van der Waals surface area contributed by atoms with E-state index in [4.69, 9.17) is 4.74 Å². The predicted octanol–water partition coefficient (Wildman–Crippen LogP) is 1.60. The molecule has 0 amide bonds. The average Bonchev–Trinajstić information content (AvgIpc) is 2.74. The number of nitrogens with zero attached hydrogens (tertiary/aromatic N) is 2. The second kappa shape index (κ2) is 5.34. The normalized spacial score (nSPS) is 19.5. The van der Waals surface area contributed by atoms with Gasteiger partial charge in [-0.2, -0.15) is 0 Å². The van der Waals surface area contributed by atoms with E-state index < -0.39 is 17.6 Å². The van der Waals surface area contributed by atoms with E-state index >= 15 is 0 Å². The topological polar surface area (TPSA) is 62.7 Å². The number of ether oxygens (including phenoxy) is 1. The number of methoxy groups -OCH3 is 1. The second-order valence-electron chi connectivity index (χ2n) is 4.76. The summed E-state index contributed by atoms with van der Waals surface area (Å²) in [4.78, 5) is 17.5. The van der Waals surface area contributed by atoms with Crippen molar-refractivity contribution in [1.29, 1.82) is 0 Å². The number of aromatic nitrogens is 1. The Bertz CT molecular complexity index is 398. The van der Waals surface area contributed by atoms with Gasteiger partial charge in [0.1, 0.15) is 6.04 Å². The zero-order chi connectivity index (χ0) is 13.2. The van der Waals surface area contributed by atoms with Crippen molar-refractivity contribution in [2.45, 2.75) is 37.5 Å². The molecular weight excluding hydrogens is 252 g/mol. The first-order valence-electron chi connectivity index (χ1n) is 5.94. The molecule has 0 aliphatic heterocycles. The maximum atomic E-state index is 11.5. The second-order valence-corrected chi connectivity index (χ2v) is 5.48. The van der Waals surface area contributed by atoms with Crippen LogP contribution in [0.15, 0.2) is 10.9 Å². The van der Waals surface area contributed by atoms with E-state index in [0.29, 0.717) is 6.54 Å². The molecule has 100 valence electrons. The molecule has 1 atom stereocenters. The van der Waals surface area contributed by atoms with Gasteiger partial charge >= 0.3 is 5.97 Å². The van der Waals surface area contributed by atoms with E-state index in [2.05, 4.69) is 4.98 Å². The van der Waals surface area contributed by atoms with Crippen molar-refractivity contribution in [3.8, 4) is 0 Å². The van der Waals surface area contributed by atoms with E-state index in [-0.39, 0.29) is 0 Å². The fourth-order valence-corrected chi connectivity index (χ4v) is 3.14. The molecule has 1 N–H and O–H groups in total. The summed E-state index contributed by atoms with van der Waals surface area (Å²) in [6.45, 7) is 0.533. The zero-order valence-electron chi connectivity index (χ0n) is 10.6. The van der Waals surface area contributed by atoms with Gasteiger partial charge in [0.2, 0.25) is 0 Å². The lowest BCUT2D eigenvalue weighted by Crippen LogP contribution is -2.60. The molecule has 2 rings (SSSR count). The predicted molar refractivity (Wildman–Crippen MR) is 68.6 cm³/mol. The fourth-order valence-electron chi connectivity index (χ4n) is 2.59. The standard InChI is InChI=1S/C12H18N2O3S/c1-14(6-9-7-18-8-13-9)10(11(15)16)12(17-2)4-3-5-12/h7-8,10H,3-6H2,1-2H3,(H,15,16). The highest BCUT2D eigenvalue weighted by molar-refractivity contribution is 7.07. The average molecular weight is 270 g/mol. The van der Waals surface area contributed by atoms with Gasteiger partial charge in [-0.25, -0.2) is 4.98 Å². The van der Waals surface area contributed by atoms with Crippen LogP contribution in [0, 0.1) is 0 Å². The molecule has 0 spiro atoms. The third kappa shape index (κ3) is 2.41. The summed E-state index contributed by atoms with van der Waals surface area (Å²) in [5.74, 6) is -0.825. The van der Waals surface area contributed by atoms with Crippen molar-refractivity contribution >= 4 is 17.3 Å². The molecule has 1 aromatic rings. The molecule has 1 aliphatic rings. The van der Waals surface area contributed by atoms with Gasteiger partial charge in [0.15, 0.2) is 0 Å². The van der Waals surface area contributed by atoms with Gasteiger partial charge in [-0.15, -0.1) is 11.3 Å². The van der Waals surface area contributed by atoms with Crippen molar-refractivity contribution in [2.24, 2.45) is 0 Å². The largest absolute Gasteiger partial charge is 0.480 e. The Kier molecular flexibility index (Phi) is 3.99. The molecule has 0 radical (unpaired) electrons. The molecule has 0 aromatic carbocycles. The molecule has 18 heavy (non-hydrogen) atoms. The number of carbonyl (C=O) groups is 1. The molecule has 0 saturated heterocycles. The van der Waals surface area contributed by atoms with Gasteiger partial charge in [0.25, 0.3) is 0 Å². The van der Waals surface area contributed by atoms with Crippen molar-refractivity contribution in [1.82, 2.24) is 9.88 Å². The van der Waals surface area contributed by atoms with Crippen LogP contribution in [0.25, 0.3) is 0 Å². The Morgan fingerprint density at radius 1 is 1.72 bits per heavy atom. The molecule has 1 fully saturated rings. The number of aliphatic carboxylic acids is 1. The quantitative estimate of drug-likeness (QED) is 0.850. The van der Waals surface area contributed by atoms with Crippen molar-refractivity contribution < 1.29 is 14.6 Å². The summed E-state index contributed by atoms with van der Waals surface area (Å²) in [6, 6.07) is -0.613. The lowest BCUT2D eigenvalue weighted by molar-refractivity contribution is -0.170. The van der Waals surface area contributed by atoms with Gasteiger partial charge < -0.3 is 9.84 Å². The number of thiazole rings is 1. The summed E-state index contributed by atoms with van der Waals surface area (Å²) < 4.78 is 5.50. The number of hydrogen-bond donors (Lipinski definition) is 1. The summed E-state index contributed by atoms with van der Waals surface area (Å²) in [7, 11) is 3.42. The number of carboxylic acids is 1. The van der Waals surface area contributed by atoms with Crippen LogP contribution in [0.3, 0.4) is 0 Å². The van der Waals surface area contributed by atoms with Crippen LogP contribution in [0.4, 0.5) is 0 Å². The van der Waals surface area contributed by atoms with E-state index in [1.165, 1.54) is 11.3 Å². The molecule has 1 saturated carbocycles. The molecule has 1 heterocycles. The highest BCUT2D eigenvalue weighted by Gasteiger charge is 2.50. The SMILES string of the molecule is COC1(C(C(=O)O)N(C)Cc2cscn2)CCC1. The Morgan fingerprint density at radius 2 is 2.44 bits per heavy atom. The van der Waals surface area contributed by atoms with Gasteiger partial charge in [-0.05, 0) is 26.3 Å². The van der Waals surface area contributed by atoms with Crippen LogP contribution in [0.1, 0.15) is 25.0 Å². The maximum Gasteiger partial charge on any atom is 0.323 e. The van der Waals surface area contributed by atoms with E-state index in [1.807, 2.05) is 17.3 Å². The Hall–Kier alpha value is -0.980. The van der Waals surface area contributed by atoms with Crippen LogP contribution in [0.5, 0.6) is 0 Å². The fraction of sp³-hybridized carbons (Fsp3) is 0.667. The maximum absolute atomic E-state index is 11.5. The lowest BCUT2D eigenvalue weighted by Gasteiger charge is -2.47. The number of likely N-dealkylation sites (N-methyl/N-ethyl adjacent to an activating group) is 1. The smallest absolute Gasteiger partial charge is 0.323 e. The summed E-state index contributed by atoms with van der Waals surface area (Å²) in [5, 5.41) is 11.4. The van der Waals surface area contributed by atoms with Crippen LogP contribution in [-0.2, 0) is 16.1 Å². The minimum atomic E-state index is -0.825. The van der Waals surface area contributed by atoms with Crippen LogP contribution < -0.4 is 0 Å². The highest BCUT2D eigenvalue weighted by atomic mass is 32.1. The Balaban J connectivity index is 2.12. The third-order valence-electron chi connectivity index (χ3n) is 3.67. The number of rotatable bonds is 6. The van der Waals surface area contributed by atoms with Gasteiger partial charge in [-0.3, -0.25) is 9.69 Å². The monoisotopic (exact) mass is 270 g/mol. The first kappa shape index (κ1) is 13.5. The Morgan fingerprint density at radius 3 is 2.83 bits per heavy atom. The Labute approximate surface area is 110 Å². The summed E-state index contributed by atoms with van der Waals surface area (Å²) in [5.41, 5.74) is 2.13. The van der Waals surface area contributed by atoms with Crippen LogP contribution in [0.2, 0.25) is 0 Å². The molecule has 1 aliphatic carbocycles. The highest BCUT2D eigenvalue weighted by Crippen LogP contribution is 2.40. The zero-order valence-corrected chi connectivity index (χ0v) is 11.4. The molecule has 5 nitrogen and oxygen atoms in total. The first-order valence-corrected chi connectivity index (χ1v) is 6.88. The molecule has 6 heteroatoms. The minimum Gasteiger partial charge on any atom is -0.480 e. The van der Waals surface area contributed by atoms with Crippen molar-refractivity contribution in [3.63, 3.8) is 0 Å². The molecule has 1 unspecified atom stereocenters. The van der Waals surface area contributed by atoms with Crippen molar-refractivity contribution in [3.05, 3.63) is 16.6 Å². The van der Waals surface area contributed by atoms with Gasteiger partial charge in [0, 0.05) is 19.0 Å². The van der Waals surface area contributed by atoms with E-state index in [0.717, 1.165) is 25.0 Å². The molecular formula is C12H18N2O3S. The van der Waals surface area contributed by atoms with Crippen LogP contribution in [-0.4, -0.2) is 46.8 Å². The van der Waals surface area contributed by atoms with Crippen molar-refractivity contribution in [2.75, 3.05) is 14.2 Å². The van der Waals surface area contributed by atoms with E-state index in [9.17, 15) is 9.90 Å². The third-order valence-corrected chi connectivity index (χ3v) is 4.31. The number of hydrogen-bond acceptors (Lipinski definition) is 5. The summed E-state index contributed by atoms with van der Waals surface area (Å²) >= 11 is 1.52. The van der Waals surface area contributed by atoms with E-state index in [1.54, 1.807) is 12.6 Å². The van der Waals surface area contributed by atoms with Gasteiger partial charge in [-0.1, -0.05) is 0 Å². The number of carboxylic acid groups (broad SMARTS) is 1. The van der Waals surface area contributed by atoms with Gasteiger partial charge in [0.05, 0.1) is 16.8 Å². The minimum absolute atomic E-state index is 0.531. The van der Waals surface area contributed by atoms with Crippen LogP contribution >= 0.6 is 11.3 Å².